The predicted molar refractivity (Wildman–Crippen MR) is 71.6 cm³/mol. The van der Waals surface area contributed by atoms with Crippen LogP contribution in [0.5, 0.6) is 0 Å². The third-order valence-corrected chi connectivity index (χ3v) is 5.59. The molecule has 1 saturated carbocycles. The molecule has 2 rings (SSSR count). The number of hydrogen-bond donors (Lipinski definition) is 3. The van der Waals surface area contributed by atoms with Gasteiger partial charge in [-0.15, -0.1) is 0 Å². The summed E-state index contributed by atoms with van der Waals surface area (Å²) in [6, 6.07) is 0. The number of rotatable bonds is 4. The molecule has 1 aliphatic rings. The van der Waals surface area contributed by atoms with Crippen LogP contribution in [-0.2, 0) is 14.8 Å². The van der Waals surface area contributed by atoms with Gasteiger partial charge in [0.25, 0.3) is 0 Å². The monoisotopic (exact) mass is 301 g/mol. The van der Waals surface area contributed by atoms with E-state index in [1.807, 2.05) is 6.92 Å². The molecule has 0 spiro atoms. The Hall–Kier alpha value is -1.41. The number of nitrogens with one attached hydrogen (secondary N) is 2. The van der Waals surface area contributed by atoms with E-state index < -0.39 is 21.5 Å². The minimum absolute atomic E-state index is 0.00301. The van der Waals surface area contributed by atoms with Crippen LogP contribution in [-0.4, -0.2) is 35.2 Å². The van der Waals surface area contributed by atoms with Crippen molar-refractivity contribution >= 4 is 16.0 Å². The van der Waals surface area contributed by atoms with E-state index in [0.717, 1.165) is 0 Å². The Kier molecular flexibility index (Phi) is 3.88. The molecule has 0 amide bonds. The number of aromatic nitrogens is 2. The summed E-state index contributed by atoms with van der Waals surface area (Å²) in [6.45, 7) is 3.62. The average Bonchev–Trinajstić information content (AvgIpc) is 2.79. The van der Waals surface area contributed by atoms with Crippen molar-refractivity contribution in [1.29, 1.82) is 0 Å². The Morgan fingerprint density at radius 2 is 2.10 bits per heavy atom. The molecule has 0 unspecified atom stereocenters. The van der Waals surface area contributed by atoms with Gasteiger partial charge < -0.3 is 5.11 Å². The number of sulfonamides is 1. The second kappa shape index (κ2) is 5.17. The fraction of sp³-hybridized carbons (Fsp3) is 0.667. The number of hydrogen-bond acceptors (Lipinski definition) is 4. The zero-order valence-corrected chi connectivity index (χ0v) is 12.3. The first-order valence-electron chi connectivity index (χ1n) is 6.54. The van der Waals surface area contributed by atoms with Crippen LogP contribution in [0.1, 0.15) is 38.3 Å². The molecule has 0 radical (unpaired) electrons. The number of nitrogens with zero attached hydrogens (tertiary/aromatic N) is 1. The summed E-state index contributed by atoms with van der Waals surface area (Å²) in [6.07, 6.45) is 3.19. The summed E-state index contributed by atoms with van der Waals surface area (Å²) in [5, 5.41) is 15.7. The number of aromatic amines is 1. The molecule has 1 fully saturated rings. The van der Waals surface area contributed by atoms with Crippen molar-refractivity contribution in [3.05, 3.63) is 11.9 Å². The number of carboxylic acid groups (broad SMARTS) is 1. The van der Waals surface area contributed by atoms with Gasteiger partial charge in [0.05, 0.1) is 11.9 Å². The maximum atomic E-state index is 12.3. The van der Waals surface area contributed by atoms with E-state index in [4.69, 9.17) is 0 Å². The maximum absolute atomic E-state index is 12.3. The second-order valence-electron chi connectivity index (χ2n) is 5.53. The lowest BCUT2D eigenvalue weighted by Gasteiger charge is -2.35. The molecule has 0 saturated heterocycles. The van der Waals surface area contributed by atoms with E-state index in [1.165, 1.54) is 6.20 Å². The molecular formula is C12H19N3O4S. The van der Waals surface area contributed by atoms with Crippen LogP contribution in [0.2, 0.25) is 0 Å². The number of carboxylic acids is 1. The zero-order chi connectivity index (χ0) is 15.0. The van der Waals surface area contributed by atoms with E-state index in [0.29, 0.717) is 37.3 Å². The Morgan fingerprint density at radius 3 is 2.55 bits per heavy atom. The molecule has 112 valence electrons. The highest BCUT2D eigenvalue weighted by atomic mass is 32.2. The van der Waals surface area contributed by atoms with Gasteiger partial charge in [-0.3, -0.25) is 9.89 Å². The first kappa shape index (κ1) is 15.0. The maximum Gasteiger partial charge on any atom is 0.324 e. The highest BCUT2D eigenvalue weighted by Crippen LogP contribution is 2.33. The fourth-order valence-corrected chi connectivity index (χ4v) is 4.09. The van der Waals surface area contributed by atoms with Gasteiger partial charge in [-0.25, -0.2) is 8.42 Å². The number of carbonyl (C=O) groups is 1. The van der Waals surface area contributed by atoms with Crippen LogP contribution in [0.4, 0.5) is 0 Å². The third kappa shape index (κ3) is 2.71. The zero-order valence-electron chi connectivity index (χ0n) is 11.5. The molecule has 8 heteroatoms. The molecule has 0 aromatic carbocycles. The molecule has 0 bridgehead atoms. The van der Waals surface area contributed by atoms with Gasteiger partial charge in [-0.05, 0) is 38.5 Å². The van der Waals surface area contributed by atoms with Crippen molar-refractivity contribution in [2.45, 2.75) is 50.0 Å². The van der Waals surface area contributed by atoms with Crippen molar-refractivity contribution in [2.75, 3.05) is 0 Å². The van der Waals surface area contributed by atoms with Gasteiger partial charge in [0, 0.05) is 0 Å². The summed E-state index contributed by atoms with van der Waals surface area (Å²) >= 11 is 0. The Balaban J connectivity index is 2.30. The molecule has 1 aromatic rings. The molecule has 1 aromatic heterocycles. The van der Waals surface area contributed by atoms with Crippen LogP contribution in [0.25, 0.3) is 0 Å². The smallest absolute Gasteiger partial charge is 0.324 e. The number of H-pyrrole nitrogens is 1. The molecule has 1 heterocycles. The average molecular weight is 301 g/mol. The fourth-order valence-electron chi connectivity index (χ4n) is 2.54. The summed E-state index contributed by atoms with van der Waals surface area (Å²) in [5.41, 5.74) is -1.02. The third-order valence-electron chi connectivity index (χ3n) is 3.94. The minimum atomic E-state index is -3.89. The molecular weight excluding hydrogens is 282 g/mol. The Morgan fingerprint density at radius 1 is 1.50 bits per heavy atom. The largest absolute Gasteiger partial charge is 0.480 e. The number of aliphatic carboxylic acids is 1. The lowest BCUT2D eigenvalue weighted by atomic mass is 9.78. The van der Waals surface area contributed by atoms with Gasteiger partial charge in [-0.1, -0.05) is 6.92 Å². The second-order valence-corrected chi connectivity index (χ2v) is 7.19. The molecule has 3 N–H and O–H groups in total. The summed E-state index contributed by atoms with van der Waals surface area (Å²) in [4.78, 5) is 11.6. The molecule has 20 heavy (non-hydrogen) atoms. The van der Waals surface area contributed by atoms with Crippen molar-refractivity contribution in [3.8, 4) is 0 Å². The van der Waals surface area contributed by atoms with E-state index >= 15 is 0 Å². The first-order chi connectivity index (χ1) is 9.27. The van der Waals surface area contributed by atoms with Crippen LogP contribution < -0.4 is 4.72 Å². The van der Waals surface area contributed by atoms with E-state index in [9.17, 15) is 18.3 Å². The molecule has 0 atom stereocenters. The van der Waals surface area contributed by atoms with Gasteiger partial charge >= 0.3 is 5.97 Å². The van der Waals surface area contributed by atoms with Crippen LogP contribution >= 0.6 is 0 Å². The van der Waals surface area contributed by atoms with Gasteiger partial charge in [-0.2, -0.15) is 9.82 Å². The SMILES string of the molecule is Cc1[nH]ncc1S(=O)(=O)NC1(C(=O)O)CCC(C)CC1. The lowest BCUT2D eigenvalue weighted by molar-refractivity contribution is -0.145. The highest BCUT2D eigenvalue weighted by molar-refractivity contribution is 7.89. The van der Waals surface area contributed by atoms with Crippen molar-refractivity contribution in [2.24, 2.45) is 5.92 Å². The first-order valence-corrected chi connectivity index (χ1v) is 8.02. The normalized spacial score (nSPS) is 27.4. The van der Waals surface area contributed by atoms with Crippen LogP contribution in [0.15, 0.2) is 11.1 Å². The Labute approximate surface area is 117 Å². The van der Waals surface area contributed by atoms with Crippen LogP contribution in [0, 0.1) is 12.8 Å². The summed E-state index contributed by atoms with van der Waals surface area (Å²) in [5.74, 6) is -0.697. The highest BCUT2D eigenvalue weighted by Gasteiger charge is 2.44. The summed E-state index contributed by atoms with van der Waals surface area (Å²) in [7, 11) is -3.89. The lowest BCUT2D eigenvalue weighted by Crippen LogP contribution is -2.56. The van der Waals surface area contributed by atoms with Gasteiger partial charge in [0.2, 0.25) is 10.0 Å². The quantitative estimate of drug-likeness (QED) is 0.769. The van der Waals surface area contributed by atoms with Gasteiger partial charge in [0.1, 0.15) is 10.4 Å². The van der Waals surface area contributed by atoms with E-state index in [1.54, 1.807) is 6.92 Å². The van der Waals surface area contributed by atoms with Crippen molar-refractivity contribution < 1.29 is 18.3 Å². The minimum Gasteiger partial charge on any atom is -0.480 e. The predicted octanol–water partition coefficient (Wildman–Crippen LogP) is 1.03. The molecule has 0 aliphatic heterocycles. The topological polar surface area (TPSA) is 112 Å². The van der Waals surface area contributed by atoms with E-state index in [2.05, 4.69) is 14.9 Å². The number of aryl methyl sites for hydroxylation is 1. The Bertz CT molecular complexity index is 600. The molecule has 1 aliphatic carbocycles. The molecule has 7 nitrogen and oxygen atoms in total. The van der Waals surface area contributed by atoms with E-state index in [-0.39, 0.29) is 4.90 Å². The van der Waals surface area contributed by atoms with Crippen molar-refractivity contribution in [3.63, 3.8) is 0 Å². The van der Waals surface area contributed by atoms with Crippen LogP contribution in [0.3, 0.4) is 0 Å². The standard InChI is InChI=1S/C12H19N3O4S/c1-8-3-5-12(6-4-8,11(16)17)15-20(18,19)10-7-13-14-9(10)2/h7-8,15H,3-6H2,1-2H3,(H,13,14)(H,16,17). The van der Waals surface area contributed by atoms with Gasteiger partial charge in [0.15, 0.2) is 0 Å². The summed E-state index contributed by atoms with van der Waals surface area (Å²) < 4.78 is 27.1. The van der Waals surface area contributed by atoms with Crippen molar-refractivity contribution in [1.82, 2.24) is 14.9 Å².